The number of fused-ring (bicyclic) bond motifs is 2. The van der Waals surface area contributed by atoms with E-state index in [4.69, 9.17) is 32.9 Å². The second-order valence-corrected chi connectivity index (χ2v) is 11.7. The average molecular weight is 539 g/mol. The minimum absolute atomic E-state index is 0.327. The van der Waals surface area contributed by atoms with E-state index >= 15 is 0 Å². The Balaban J connectivity index is 1.56. The molecular formula is C22H17Cl2N3O3S3. The van der Waals surface area contributed by atoms with Gasteiger partial charge in [-0.1, -0.05) is 35.3 Å². The third-order valence-electron chi connectivity index (χ3n) is 5.22. The third kappa shape index (κ3) is 4.36. The number of thiophene rings is 2. The second-order valence-electron chi connectivity index (χ2n) is 7.26. The molecule has 3 aromatic heterocycles. The highest BCUT2D eigenvalue weighted by Gasteiger charge is 2.30. The highest BCUT2D eigenvalue weighted by Crippen LogP contribution is 2.46. The number of halogens is 2. The van der Waals surface area contributed by atoms with Crippen molar-refractivity contribution in [1.82, 2.24) is 9.88 Å². The van der Waals surface area contributed by atoms with Gasteiger partial charge in [-0.25, -0.2) is 9.78 Å². The molecule has 5 rings (SSSR count). The van der Waals surface area contributed by atoms with Crippen LogP contribution in [0, 0.1) is 0 Å². The predicted octanol–water partition coefficient (Wildman–Crippen LogP) is 7.16. The molecule has 0 bridgehead atoms. The lowest BCUT2D eigenvalue weighted by Crippen LogP contribution is -2.35. The molecule has 4 aromatic rings. The average Bonchev–Trinajstić information content (AvgIpc) is 3.46. The summed E-state index contributed by atoms with van der Waals surface area (Å²) in [6.45, 7) is 3.09. The van der Waals surface area contributed by atoms with Gasteiger partial charge in [0.1, 0.15) is 14.3 Å². The number of nitrogens with zero attached hydrogens (tertiary/aromatic N) is 2. The zero-order valence-electron chi connectivity index (χ0n) is 17.3. The van der Waals surface area contributed by atoms with Crippen molar-refractivity contribution < 1.29 is 14.3 Å². The van der Waals surface area contributed by atoms with Crippen LogP contribution in [-0.4, -0.2) is 35.0 Å². The molecule has 1 aliphatic heterocycles. The maximum Gasteiger partial charge on any atom is 0.410 e. The molecule has 1 N–H and O–H groups in total. The Kier molecular flexibility index (Phi) is 6.32. The first-order valence-electron chi connectivity index (χ1n) is 10.1. The Morgan fingerprint density at radius 2 is 2.03 bits per heavy atom. The Morgan fingerprint density at radius 3 is 2.76 bits per heavy atom. The van der Waals surface area contributed by atoms with Crippen molar-refractivity contribution in [1.29, 1.82) is 0 Å². The molecule has 0 atom stereocenters. The van der Waals surface area contributed by atoms with E-state index in [1.807, 2.05) is 24.3 Å². The van der Waals surface area contributed by atoms with E-state index in [-0.39, 0.29) is 12.0 Å². The molecule has 0 fully saturated rings. The van der Waals surface area contributed by atoms with Gasteiger partial charge in [-0.15, -0.1) is 34.0 Å². The topological polar surface area (TPSA) is 71.5 Å². The Hall–Kier alpha value is -2.17. The number of aromatic nitrogens is 1. The summed E-state index contributed by atoms with van der Waals surface area (Å²) in [6.07, 6.45) is 0.319. The van der Waals surface area contributed by atoms with Crippen LogP contribution in [0.25, 0.3) is 20.8 Å². The van der Waals surface area contributed by atoms with Crippen molar-refractivity contribution in [3.05, 3.63) is 55.0 Å². The van der Waals surface area contributed by atoms with E-state index in [1.54, 1.807) is 29.2 Å². The number of carbonyl (C=O) groups is 2. The first-order chi connectivity index (χ1) is 15.9. The van der Waals surface area contributed by atoms with Gasteiger partial charge in [0.25, 0.3) is 5.91 Å². The number of amides is 2. The molecule has 0 unspecified atom stereocenters. The van der Waals surface area contributed by atoms with Gasteiger partial charge >= 0.3 is 6.09 Å². The van der Waals surface area contributed by atoms with Crippen LogP contribution in [0.2, 0.25) is 8.67 Å². The van der Waals surface area contributed by atoms with Crippen molar-refractivity contribution in [2.45, 2.75) is 19.9 Å². The summed E-state index contributed by atoms with van der Waals surface area (Å²) in [5, 5.41) is 4.55. The molecule has 0 radical (unpaired) electrons. The predicted molar refractivity (Wildman–Crippen MR) is 136 cm³/mol. The van der Waals surface area contributed by atoms with Crippen LogP contribution in [0.15, 0.2) is 30.3 Å². The minimum Gasteiger partial charge on any atom is -0.450 e. The van der Waals surface area contributed by atoms with E-state index in [0.29, 0.717) is 45.4 Å². The maximum atomic E-state index is 13.0. The van der Waals surface area contributed by atoms with Gasteiger partial charge in [0.15, 0.2) is 0 Å². The second kappa shape index (κ2) is 9.23. The smallest absolute Gasteiger partial charge is 0.410 e. The number of thiazole rings is 1. The highest BCUT2D eigenvalue weighted by atomic mass is 35.5. The number of hydrogen-bond donors (Lipinski definition) is 1. The molecule has 4 heterocycles. The third-order valence-corrected chi connectivity index (χ3v) is 8.89. The number of rotatable bonds is 4. The SMILES string of the molecule is CCOC(=O)N1CCc2c(sc(NC(=O)c3cc(Cl)sc3Cl)c2-c2nc3ccccc3s2)C1. The first-order valence-corrected chi connectivity index (χ1v) is 13.3. The van der Waals surface area contributed by atoms with Crippen LogP contribution in [0.1, 0.15) is 27.7 Å². The van der Waals surface area contributed by atoms with Crippen molar-refractivity contribution in [3.8, 4) is 10.6 Å². The van der Waals surface area contributed by atoms with Gasteiger partial charge in [-0.2, -0.15) is 0 Å². The standard InChI is InChI=1S/C22H17Cl2N3O3S3/c1-2-30-22(29)27-8-7-11-15(10-27)32-21(26-19(28)12-9-16(23)33-18(12)24)17(11)20-25-13-5-3-4-6-14(13)31-20/h3-6,9H,2,7-8,10H2,1H3,(H,26,28). The first kappa shape index (κ1) is 22.6. The quantitative estimate of drug-likeness (QED) is 0.299. The molecule has 11 heteroatoms. The van der Waals surface area contributed by atoms with Crippen LogP contribution < -0.4 is 5.32 Å². The fourth-order valence-electron chi connectivity index (χ4n) is 3.73. The minimum atomic E-state index is -0.330. The number of anilines is 1. The lowest BCUT2D eigenvalue weighted by molar-refractivity contribution is 0.102. The highest BCUT2D eigenvalue weighted by molar-refractivity contribution is 7.23. The van der Waals surface area contributed by atoms with Gasteiger partial charge in [0.05, 0.1) is 33.3 Å². The zero-order chi connectivity index (χ0) is 23.1. The van der Waals surface area contributed by atoms with Gasteiger partial charge in [-0.05, 0) is 37.1 Å². The molecule has 0 spiro atoms. The molecule has 2 amide bonds. The van der Waals surface area contributed by atoms with Gasteiger partial charge in [0, 0.05) is 17.0 Å². The fourth-order valence-corrected chi connectivity index (χ4v) is 7.56. The van der Waals surface area contributed by atoms with Gasteiger partial charge in [0.2, 0.25) is 0 Å². The Labute approximate surface area is 211 Å². The van der Waals surface area contributed by atoms with Crippen LogP contribution in [-0.2, 0) is 17.7 Å². The normalized spacial score (nSPS) is 13.2. The summed E-state index contributed by atoms with van der Waals surface area (Å²) in [4.78, 5) is 32.9. The van der Waals surface area contributed by atoms with Crippen LogP contribution >= 0.6 is 57.2 Å². The largest absolute Gasteiger partial charge is 0.450 e. The van der Waals surface area contributed by atoms with Crippen molar-refractivity contribution in [3.63, 3.8) is 0 Å². The fraction of sp³-hybridized carbons (Fsp3) is 0.227. The van der Waals surface area contributed by atoms with Crippen LogP contribution in [0.4, 0.5) is 9.80 Å². The molecule has 0 saturated carbocycles. The summed E-state index contributed by atoms with van der Waals surface area (Å²) < 4.78 is 7.04. The number of benzene rings is 1. The molecular weight excluding hydrogens is 521 g/mol. The number of nitrogens with one attached hydrogen (secondary N) is 1. The van der Waals surface area contributed by atoms with Gasteiger partial charge < -0.3 is 15.0 Å². The molecule has 1 aliphatic rings. The summed E-state index contributed by atoms with van der Waals surface area (Å²) >= 11 is 16.4. The van der Waals surface area contributed by atoms with Crippen LogP contribution in [0.3, 0.4) is 0 Å². The Morgan fingerprint density at radius 1 is 1.21 bits per heavy atom. The molecule has 33 heavy (non-hydrogen) atoms. The number of para-hydroxylation sites is 1. The molecule has 1 aromatic carbocycles. The van der Waals surface area contributed by atoms with Crippen molar-refractivity contribution in [2.24, 2.45) is 0 Å². The summed E-state index contributed by atoms with van der Waals surface area (Å²) in [6, 6.07) is 9.51. The van der Waals surface area contributed by atoms with E-state index in [2.05, 4.69) is 5.32 Å². The monoisotopic (exact) mass is 537 g/mol. The summed E-state index contributed by atoms with van der Waals surface area (Å²) in [7, 11) is 0. The molecule has 0 saturated heterocycles. The molecule has 170 valence electrons. The van der Waals surface area contributed by atoms with E-state index in [9.17, 15) is 9.59 Å². The lowest BCUT2D eigenvalue weighted by atomic mass is 10.0. The lowest BCUT2D eigenvalue weighted by Gasteiger charge is -2.26. The summed E-state index contributed by atoms with van der Waals surface area (Å²) in [5.41, 5.74) is 3.25. The van der Waals surface area contributed by atoms with E-state index in [1.165, 1.54) is 11.3 Å². The van der Waals surface area contributed by atoms with E-state index in [0.717, 1.165) is 42.6 Å². The van der Waals surface area contributed by atoms with Crippen LogP contribution in [0.5, 0.6) is 0 Å². The van der Waals surface area contributed by atoms with Gasteiger partial charge in [-0.3, -0.25) is 4.79 Å². The zero-order valence-corrected chi connectivity index (χ0v) is 21.3. The number of ether oxygens (including phenoxy) is 1. The van der Waals surface area contributed by atoms with Crippen molar-refractivity contribution >= 4 is 84.4 Å². The molecule has 0 aliphatic carbocycles. The number of hydrogen-bond acceptors (Lipinski definition) is 7. The molecule has 6 nitrogen and oxygen atoms in total. The maximum absolute atomic E-state index is 13.0. The Bertz CT molecular complexity index is 1340. The number of carbonyl (C=O) groups excluding carboxylic acids is 2. The summed E-state index contributed by atoms with van der Waals surface area (Å²) in [5.74, 6) is -0.327. The van der Waals surface area contributed by atoms with E-state index < -0.39 is 0 Å². The van der Waals surface area contributed by atoms with Crippen molar-refractivity contribution in [2.75, 3.05) is 18.5 Å².